The Bertz CT molecular complexity index is 1170. The zero-order valence-corrected chi connectivity index (χ0v) is 20.5. The second-order valence-corrected chi connectivity index (χ2v) is 10.3. The standard InChI is InChI=1S/C25H31N3O2S.ClH/c1-19(2)20-9-6-7-12-23(20)27(3)31(29,30)25-14-13-24(21-10-4-5-11-22(21)25)28-17-8-15-26-16-18-28;/h4-7,9-14,19,26H,8,15-18H2,1-3H3;1H. The van der Waals surface area contributed by atoms with Gasteiger partial charge in [0.25, 0.3) is 10.0 Å². The average molecular weight is 474 g/mol. The molecule has 0 unspecified atom stereocenters. The van der Waals surface area contributed by atoms with Gasteiger partial charge in [0.2, 0.25) is 0 Å². The summed E-state index contributed by atoms with van der Waals surface area (Å²) in [7, 11) is -2.07. The summed E-state index contributed by atoms with van der Waals surface area (Å²) in [5.74, 6) is 0.226. The predicted octanol–water partition coefficient (Wildman–Crippen LogP) is 5.01. The van der Waals surface area contributed by atoms with E-state index in [4.69, 9.17) is 0 Å². The average Bonchev–Trinajstić information content (AvgIpc) is 3.07. The molecule has 5 nitrogen and oxygen atoms in total. The number of para-hydroxylation sites is 1. The van der Waals surface area contributed by atoms with Gasteiger partial charge in [-0.25, -0.2) is 8.42 Å². The van der Waals surface area contributed by atoms with Gasteiger partial charge in [-0.15, -0.1) is 12.4 Å². The Balaban J connectivity index is 0.00000289. The Kier molecular flexibility index (Phi) is 7.70. The first kappa shape index (κ1) is 24.4. The van der Waals surface area contributed by atoms with Crippen molar-refractivity contribution in [1.82, 2.24) is 5.32 Å². The molecular weight excluding hydrogens is 442 g/mol. The Morgan fingerprint density at radius 1 is 0.906 bits per heavy atom. The number of nitrogens with one attached hydrogen (secondary N) is 1. The fraction of sp³-hybridized carbons (Fsp3) is 0.360. The Morgan fingerprint density at radius 2 is 1.59 bits per heavy atom. The number of hydrogen-bond donors (Lipinski definition) is 1. The van der Waals surface area contributed by atoms with Crippen molar-refractivity contribution in [3.63, 3.8) is 0 Å². The van der Waals surface area contributed by atoms with Crippen molar-refractivity contribution in [1.29, 1.82) is 0 Å². The van der Waals surface area contributed by atoms with E-state index in [2.05, 4.69) is 24.1 Å². The second-order valence-electron chi connectivity index (χ2n) is 8.41. The first-order valence-corrected chi connectivity index (χ1v) is 12.4. The van der Waals surface area contributed by atoms with E-state index in [1.165, 1.54) is 4.31 Å². The Hall–Kier alpha value is -2.28. The van der Waals surface area contributed by atoms with Gasteiger partial charge in [0.15, 0.2) is 0 Å². The van der Waals surface area contributed by atoms with Crippen LogP contribution in [-0.2, 0) is 10.0 Å². The quantitative estimate of drug-likeness (QED) is 0.566. The highest BCUT2D eigenvalue weighted by Crippen LogP contribution is 2.36. The van der Waals surface area contributed by atoms with Crippen LogP contribution < -0.4 is 14.5 Å². The van der Waals surface area contributed by atoms with Crippen LogP contribution >= 0.6 is 12.4 Å². The van der Waals surface area contributed by atoms with Crippen molar-refractivity contribution < 1.29 is 8.42 Å². The van der Waals surface area contributed by atoms with E-state index < -0.39 is 10.0 Å². The van der Waals surface area contributed by atoms with E-state index in [1.807, 2.05) is 54.6 Å². The molecule has 1 heterocycles. The molecule has 0 amide bonds. The topological polar surface area (TPSA) is 52.7 Å². The van der Waals surface area contributed by atoms with Gasteiger partial charge < -0.3 is 10.2 Å². The second kappa shape index (κ2) is 10.1. The number of nitrogens with zero attached hydrogens (tertiary/aromatic N) is 2. The number of anilines is 2. The lowest BCUT2D eigenvalue weighted by atomic mass is 10.0. The maximum absolute atomic E-state index is 13.8. The van der Waals surface area contributed by atoms with Crippen molar-refractivity contribution in [2.45, 2.75) is 31.1 Å². The number of benzene rings is 3. The van der Waals surface area contributed by atoms with Crippen LogP contribution in [0.15, 0.2) is 65.6 Å². The van der Waals surface area contributed by atoms with E-state index in [-0.39, 0.29) is 18.3 Å². The first-order valence-electron chi connectivity index (χ1n) is 11.0. The minimum Gasteiger partial charge on any atom is -0.370 e. The summed E-state index contributed by atoms with van der Waals surface area (Å²) in [6, 6.07) is 19.3. The fourth-order valence-electron chi connectivity index (χ4n) is 4.38. The molecule has 1 fully saturated rings. The number of rotatable bonds is 5. The molecule has 32 heavy (non-hydrogen) atoms. The SMILES string of the molecule is CC(C)c1ccccc1N(C)S(=O)(=O)c1ccc(N2CCCNCC2)c2ccccc12.Cl. The van der Waals surface area contributed by atoms with E-state index in [0.29, 0.717) is 4.90 Å². The van der Waals surface area contributed by atoms with Gasteiger partial charge in [-0.1, -0.05) is 56.3 Å². The molecule has 0 radical (unpaired) electrons. The summed E-state index contributed by atoms with van der Waals surface area (Å²) in [6.45, 7) is 7.99. The molecule has 0 atom stereocenters. The normalized spacial score (nSPS) is 14.8. The van der Waals surface area contributed by atoms with Gasteiger partial charge in [-0.3, -0.25) is 4.31 Å². The predicted molar refractivity (Wildman–Crippen MR) is 137 cm³/mol. The maximum Gasteiger partial charge on any atom is 0.264 e. The number of sulfonamides is 1. The zero-order valence-electron chi connectivity index (χ0n) is 18.9. The molecule has 3 aromatic carbocycles. The number of hydrogen-bond acceptors (Lipinski definition) is 4. The van der Waals surface area contributed by atoms with Crippen LogP contribution in [0.5, 0.6) is 0 Å². The molecule has 0 aliphatic carbocycles. The number of fused-ring (bicyclic) bond motifs is 1. The summed E-state index contributed by atoms with van der Waals surface area (Å²) in [4.78, 5) is 2.71. The molecule has 1 aliphatic rings. The van der Waals surface area contributed by atoms with Crippen LogP contribution in [0.1, 0.15) is 31.7 Å². The van der Waals surface area contributed by atoms with Crippen LogP contribution in [0.3, 0.4) is 0 Å². The molecular formula is C25H32ClN3O2S. The molecule has 0 saturated carbocycles. The highest BCUT2D eigenvalue weighted by Gasteiger charge is 2.27. The molecule has 172 valence electrons. The van der Waals surface area contributed by atoms with Crippen LogP contribution in [-0.4, -0.2) is 41.6 Å². The Morgan fingerprint density at radius 3 is 2.34 bits per heavy atom. The minimum absolute atomic E-state index is 0. The third-order valence-corrected chi connectivity index (χ3v) is 7.91. The fourth-order valence-corrected chi connectivity index (χ4v) is 5.80. The molecule has 0 aromatic heterocycles. The molecule has 0 bridgehead atoms. The Labute approximate surface area is 197 Å². The maximum atomic E-state index is 13.8. The summed E-state index contributed by atoms with van der Waals surface area (Å²) < 4.78 is 29.0. The van der Waals surface area contributed by atoms with Gasteiger partial charge in [0.05, 0.1) is 10.6 Å². The zero-order chi connectivity index (χ0) is 22.0. The minimum atomic E-state index is -3.73. The molecule has 4 rings (SSSR count). The summed E-state index contributed by atoms with van der Waals surface area (Å²) in [5, 5.41) is 5.19. The van der Waals surface area contributed by atoms with Crippen molar-refractivity contribution in [2.75, 3.05) is 42.4 Å². The smallest absolute Gasteiger partial charge is 0.264 e. The molecule has 3 aromatic rings. The van der Waals surface area contributed by atoms with Crippen LogP contribution in [0.2, 0.25) is 0 Å². The lowest BCUT2D eigenvalue weighted by Crippen LogP contribution is -2.29. The van der Waals surface area contributed by atoms with Crippen LogP contribution in [0.25, 0.3) is 10.8 Å². The van der Waals surface area contributed by atoms with Crippen LogP contribution in [0, 0.1) is 0 Å². The van der Waals surface area contributed by atoms with Gasteiger partial charge >= 0.3 is 0 Å². The van der Waals surface area contributed by atoms with Crippen molar-refractivity contribution >= 4 is 44.6 Å². The van der Waals surface area contributed by atoms with Crippen LogP contribution in [0.4, 0.5) is 11.4 Å². The van der Waals surface area contributed by atoms with E-state index in [1.54, 1.807) is 13.1 Å². The van der Waals surface area contributed by atoms with Gasteiger partial charge in [-0.2, -0.15) is 0 Å². The molecule has 0 spiro atoms. The molecule has 1 aliphatic heterocycles. The third-order valence-electron chi connectivity index (χ3n) is 6.08. The van der Waals surface area contributed by atoms with E-state index in [0.717, 1.165) is 60.3 Å². The van der Waals surface area contributed by atoms with Gasteiger partial charge in [-0.05, 0) is 42.6 Å². The summed E-state index contributed by atoms with van der Waals surface area (Å²) in [5.41, 5.74) is 2.85. The monoisotopic (exact) mass is 473 g/mol. The molecule has 1 N–H and O–H groups in total. The molecule has 1 saturated heterocycles. The van der Waals surface area contributed by atoms with Gasteiger partial charge in [0.1, 0.15) is 0 Å². The first-order chi connectivity index (χ1) is 14.9. The highest BCUT2D eigenvalue weighted by atomic mass is 35.5. The lowest BCUT2D eigenvalue weighted by Gasteiger charge is -2.27. The van der Waals surface area contributed by atoms with E-state index in [9.17, 15) is 8.42 Å². The summed E-state index contributed by atoms with van der Waals surface area (Å²) >= 11 is 0. The molecule has 7 heteroatoms. The lowest BCUT2D eigenvalue weighted by molar-refractivity contribution is 0.595. The van der Waals surface area contributed by atoms with Crippen molar-refractivity contribution in [2.24, 2.45) is 0 Å². The highest BCUT2D eigenvalue weighted by molar-refractivity contribution is 7.93. The van der Waals surface area contributed by atoms with Crippen molar-refractivity contribution in [3.05, 3.63) is 66.2 Å². The largest absolute Gasteiger partial charge is 0.370 e. The third kappa shape index (κ3) is 4.58. The number of halogens is 1. The van der Waals surface area contributed by atoms with E-state index >= 15 is 0 Å². The van der Waals surface area contributed by atoms with Gasteiger partial charge in [0, 0.05) is 43.1 Å². The summed E-state index contributed by atoms with van der Waals surface area (Å²) in [6.07, 6.45) is 1.07. The van der Waals surface area contributed by atoms with Crippen molar-refractivity contribution in [3.8, 4) is 0 Å².